The number of benzene rings is 1. The lowest BCUT2D eigenvalue weighted by Gasteiger charge is -2.23. The number of nitrogens with one attached hydrogen (secondary N) is 2. The van der Waals surface area contributed by atoms with Gasteiger partial charge in [0.15, 0.2) is 5.96 Å². The van der Waals surface area contributed by atoms with Crippen LogP contribution in [0.15, 0.2) is 41.9 Å². The zero-order chi connectivity index (χ0) is 16.7. The van der Waals surface area contributed by atoms with Gasteiger partial charge in [0.25, 0.3) is 0 Å². The van der Waals surface area contributed by atoms with Crippen LogP contribution >= 0.6 is 11.8 Å². The highest BCUT2D eigenvalue weighted by molar-refractivity contribution is 7.99. The summed E-state index contributed by atoms with van der Waals surface area (Å²) in [4.78, 5) is 8.21. The van der Waals surface area contributed by atoms with E-state index >= 15 is 0 Å². The van der Waals surface area contributed by atoms with Gasteiger partial charge in [-0.2, -0.15) is 16.9 Å². The normalized spacial score (nSPS) is 12.3. The highest BCUT2D eigenvalue weighted by Crippen LogP contribution is 2.19. The van der Waals surface area contributed by atoms with Crippen LogP contribution in [-0.4, -0.2) is 45.3 Å². The minimum Gasteiger partial charge on any atom is -0.355 e. The lowest BCUT2D eigenvalue weighted by atomic mass is 10.2. The summed E-state index contributed by atoms with van der Waals surface area (Å²) in [6, 6.07) is 8.20. The second-order valence-electron chi connectivity index (χ2n) is 5.75. The Kier molecular flexibility index (Phi) is 6.04. The van der Waals surface area contributed by atoms with Crippen LogP contribution in [-0.2, 0) is 6.54 Å². The molecule has 0 atom stereocenters. The van der Waals surface area contributed by atoms with Crippen LogP contribution in [0.5, 0.6) is 0 Å². The number of rotatable bonds is 6. The fraction of sp³-hybridized carbons (Fsp3) is 0.438. The Morgan fingerprint density at radius 2 is 2.00 bits per heavy atom. The molecule has 0 saturated carbocycles. The van der Waals surface area contributed by atoms with E-state index in [4.69, 9.17) is 0 Å². The van der Waals surface area contributed by atoms with Crippen molar-refractivity contribution in [1.29, 1.82) is 0 Å². The first-order chi connectivity index (χ1) is 11.0. The molecule has 1 aromatic heterocycles. The number of hydrogen-bond acceptors (Lipinski definition) is 4. The number of thioether (sulfide) groups is 1. The molecule has 1 aromatic carbocycles. The van der Waals surface area contributed by atoms with Crippen molar-refractivity contribution < 1.29 is 0 Å². The van der Waals surface area contributed by atoms with E-state index in [-0.39, 0.29) is 4.75 Å². The molecule has 0 saturated heterocycles. The monoisotopic (exact) mass is 332 g/mol. The molecule has 0 aliphatic heterocycles. The van der Waals surface area contributed by atoms with Crippen molar-refractivity contribution in [3.05, 3.63) is 42.5 Å². The Morgan fingerprint density at radius 3 is 2.57 bits per heavy atom. The zero-order valence-electron chi connectivity index (χ0n) is 14.1. The quantitative estimate of drug-likeness (QED) is 0.626. The molecule has 0 amide bonds. The van der Waals surface area contributed by atoms with E-state index < -0.39 is 0 Å². The summed E-state index contributed by atoms with van der Waals surface area (Å²) in [7, 11) is 1.79. The fourth-order valence-electron chi connectivity index (χ4n) is 1.88. The second-order valence-corrected chi connectivity index (χ2v) is 7.26. The predicted octanol–water partition coefficient (Wildman–Crippen LogP) is 2.07. The van der Waals surface area contributed by atoms with E-state index in [1.165, 1.54) is 11.9 Å². The van der Waals surface area contributed by atoms with E-state index in [1.54, 1.807) is 18.1 Å². The van der Waals surface area contributed by atoms with Crippen LogP contribution < -0.4 is 10.6 Å². The predicted molar refractivity (Wildman–Crippen MR) is 97.2 cm³/mol. The summed E-state index contributed by atoms with van der Waals surface area (Å²) in [6.45, 7) is 6.00. The van der Waals surface area contributed by atoms with Gasteiger partial charge < -0.3 is 10.6 Å². The molecule has 2 aromatic rings. The van der Waals surface area contributed by atoms with Gasteiger partial charge in [-0.1, -0.05) is 12.1 Å². The topological polar surface area (TPSA) is 67.1 Å². The molecule has 0 spiro atoms. The van der Waals surface area contributed by atoms with Gasteiger partial charge >= 0.3 is 0 Å². The number of nitrogens with zero attached hydrogens (tertiary/aromatic N) is 4. The van der Waals surface area contributed by atoms with E-state index in [9.17, 15) is 0 Å². The number of hydrogen-bond donors (Lipinski definition) is 2. The Morgan fingerprint density at radius 1 is 1.26 bits per heavy atom. The Labute approximate surface area is 141 Å². The smallest absolute Gasteiger partial charge is 0.191 e. The van der Waals surface area contributed by atoms with E-state index in [0.717, 1.165) is 24.7 Å². The van der Waals surface area contributed by atoms with E-state index in [2.05, 4.69) is 57.9 Å². The van der Waals surface area contributed by atoms with Gasteiger partial charge in [-0.3, -0.25) is 4.99 Å². The molecule has 2 N–H and O–H groups in total. The lowest BCUT2D eigenvalue weighted by molar-refractivity contribution is 0.664. The summed E-state index contributed by atoms with van der Waals surface area (Å²) in [5, 5.41) is 10.8. The van der Waals surface area contributed by atoms with Crippen molar-refractivity contribution >= 4 is 17.7 Å². The maximum absolute atomic E-state index is 4.26. The molecule has 0 radical (unpaired) electrons. The molecular weight excluding hydrogens is 308 g/mol. The maximum atomic E-state index is 4.26. The molecule has 0 fully saturated rings. The largest absolute Gasteiger partial charge is 0.355 e. The minimum atomic E-state index is 0.178. The average molecular weight is 332 g/mol. The third-order valence-corrected chi connectivity index (χ3v) is 4.79. The van der Waals surface area contributed by atoms with Crippen LogP contribution in [0.3, 0.4) is 0 Å². The van der Waals surface area contributed by atoms with Gasteiger partial charge in [-0.15, -0.1) is 0 Å². The average Bonchev–Trinajstić information content (AvgIpc) is 3.10. The van der Waals surface area contributed by atoms with Crippen molar-refractivity contribution in [2.75, 3.05) is 19.8 Å². The van der Waals surface area contributed by atoms with Gasteiger partial charge in [0.2, 0.25) is 0 Å². The van der Waals surface area contributed by atoms with Gasteiger partial charge in [0.1, 0.15) is 12.7 Å². The molecule has 1 heterocycles. The first-order valence-electron chi connectivity index (χ1n) is 7.48. The highest BCUT2D eigenvalue weighted by atomic mass is 32.2. The van der Waals surface area contributed by atoms with Gasteiger partial charge in [0.05, 0.1) is 5.69 Å². The maximum Gasteiger partial charge on any atom is 0.191 e. The summed E-state index contributed by atoms with van der Waals surface area (Å²) in [5.74, 6) is 0.812. The highest BCUT2D eigenvalue weighted by Gasteiger charge is 2.15. The summed E-state index contributed by atoms with van der Waals surface area (Å²) in [6.07, 6.45) is 5.34. The van der Waals surface area contributed by atoms with Crippen LogP contribution in [0.1, 0.15) is 19.4 Å². The fourth-order valence-corrected chi connectivity index (χ4v) is 2.10. The number of aromatic nitrogens is 3. The van der Waals surface area contributed by atoms with Gasteiger partial charge in [0, 0.05) is 24.9 Å². The second kappa shape index (κ2) is 8.01. The molecule has 0 aliphatic rings. The molecule has 0 unspecified atom stereocenters. The first kappa shape index (κ1) is 17.3. The van der Waals surface area contributed by atoms with Crippen LogP contribution in [0.2, 0.25) is 0 Å². The Balaban J connectivity index is 1.87. The van der Waals surface area contributed by atoms with Crippen molar-refractivity contribution in [3.63, 3.8) is 0 Å². The minimum absolute atomic E-state index is 0.178. The molecular formula is C16H24N6S. The summed E-state index contributed by atoms with van der Waals surface area (Å²) < 4.78 is 1.92. The van der Waals surface area contributed by atoms with E-state index in [1.807, 2.05) is 23.9 Å². The molecule has 124 valence electrons. The standard InChI is InChI=1S/C16H24N6S/c1-16(2,23-4)10-20-15(17-3)19-9-13-5-7-14(8-6-13)22-12-18-11-21-22/h5-8,11-12H,9-10H2,1-4H3,(H2,17,19,20). The molecule has 23 heavy (non-hydrogen) atoms. The third-order valence-electron chi connectivity index (χ3n) is 3.54. The van der Waals surface area contributed by atoms with E-state index in [0.29, 0.717) is 0 Å². The van der Waals surface area contributed by atoms with Crippen molar-refractivity contribution in [2.24, 2.45) is 4.99 Å². The van der Waals surface area contributed by atoms with Gasteiger partial charge in [-0.05, 0) is 37.8 Å². The summed E-state index contributed by atoms with van der Waals surface area (Å²) in [5.41, 5.74) is 2.18. The lowest BCUT2D eigenvalue weighted by Crippen LogP contribution is -2.42. The van der Waals surface area contributed by atoms with Crippen LogP contribution in [0.4, 0.5) is 0 Å². The molecule has 2 rings (SSSR count). The first-order valence-corrected chi connectivity index (χ1v) is 8.70. The number of aliphatic imine (C=N–C) groups is 1. The summed E-state index contributed by atoms with van der Waals surface area (Å²) >= 11 is 1.84. The van der Waals surface area contributed by atoms with Crippen LogP contribution in [0.25, 0.3) is 5.69 Å². The third kappa shape index (κ3) is 5.28. The molecule has 6 nitrogen and oxygen atoms in total. The van der Waals surface area contributed by atoms with Crippen molar-refractivity contribution in [3.8, 4) is 5.69 Å². The molecule has 0 bridgehead atoms. The van der Waals surface area contributed by atoms with Gasteiger partial charge in [-0.25, -0.2) is 9.67 Å². The zero-order valence-corrected chi connectivity index (χ0v) is 14.9. The van der Waals surface area contributed by atoms with Crippen molar-refractivity contribution in [1.82, 2.24) is 25.4 Å². The van der Waals surface area contributed by atoms with Crippen molar-refractivity contribution in [2.45, 2.75) is 25.1 Å². The Hall–Kier alpha value is -2.02. The Bertz CT molecular complexity index is 619. The van der Waals surface area contributed by atoms with Crippen LogP contribution in [0, 0.1) is 0 Å². The SMILES string of the molecule is CN=C(NCc1ccc(-n2cncn2)cc1)NCC(C)(C)SC. The number of guanidine groups is 1. The molecule has 7 heteroatoms. The molecule has 0 aliphatic carbocycles.